The number of rotatable bonds is 2. The standard InChI is InChI=1S/C25H15FO3/c26-21-13-5-10-18-15-17-8-2-4-12-20(17)24(23(18)21)29-25(27)28-22-14-6-9-16-7-1-3-11-19(16)22/h1-15H. The molecule has 0 bridgehead atoms. The summed E-state index contributed by atoms with van der Waals surface area (Å²) in [6.07, 6.45) is -0.915. The molecule has 5 aromatic rings. The Balaban J connectivity index is 1.59. The van der Waals surface area contributed by atoms with E-state index in [4.69, 9.17) is 9.47 Å². The lowest BCUT2D eigenvalue weighted by atomic mass is 10.0. The van der Waals surface area contributed by atoms with Crippen molar-refractivity contribution >= 4 is 38.5 Å². The van der Waals surface area contributed by atoms with E-state index in [0.29, 0.717) is 16.5 Å². The smallest absolute Gasteiger partial charge is 0.394 e. The Hall–Kier alpha value is -3.92. The Labute approximate surface area is 165 Å². The molecule has 3 nitrogen and oxygen atoms in total. The molecule has 0 radical (unpaired) electrons. The van der Waals surface area contributed by atoms with Crippen LogP contribution in [0.3, 0.4) is 0 Å². The second-order valence-electron chi connectivity index (χ2n) is 6.70. The fraction of sp³-hybridized carbons (Fsp3) is 0. The van der Waals surface area contributed by atoms with Gasteiger partial charge in [0, 0.05) is 10.8 Å². The highest BCUT2D eigenvalue weighted by atomic mass is 19.1. The van der Waals surface area contributed by atoms with Crippen LogP contribution in [-0.4, -0.2) is 6.16 Å². The topological polar surface area (TPSA) is 35.5 Å². The normalized spacial score (nSPS) is 11.1. The summed E-state index contributed by atoms with van der Waals surface area (Å²) in [5.74, 6) is 0.0840. The quantitative estimate of drug-likeness (QED) is 0.190. The molecule has 0 saturated carbocycles. The van der Waals surface area contributed by atoms with Crippen molar-refractivity contribution in [3.63, 3.8) is 0 Å². The van der Waals surface area contributed by atoms with E-state index in [2.05, 4.69) is 0 Å². The fourth-order valence-corrected chi connectivity index (χ4v) is 3.62. The molecule has 5 aromatic carbocycles. The molecule has 0 aromatic heterocycles. The fourth-order valence-electron chi connectivity index (χ4n) is 3.62. The summed E-state index contributed by atoms with van der Waals surface area (Å²) in [4.78, 5) is 12.7. The molecule has 0 aliphatic carbocycles. The van der Waals surface area contributed by atoms with Crippen LogP contribution in [0.25, 0.3) is 32.3 Å². The first kappa shape index (κ1) is 17.2. The zero-order valence-electron chi connectivity index (χ0n) is 15.3. The summed E-state index contributed by atoms with van der Waals surface area (Å²) in [5.41, 5.74) is 0. The third-order valence-electron chi connectivity index (χ3n) is 4.92. The minimum absolute atomic E-state index is 0.154. The van der Waals surface area contributed by atoms with Crippen LogP contribution in [-0.2, 0) is 0 Å². The summed E-state index contributed by atoms with van der Waals surface area (Å²) in [7, 11) is 0. The Morgan fingerprint density at radius 1 is 0.655 bits per heavy atom. The third-order valence-corrected chi connectivity index (χ3v) is 4.92. The second-order valence-corrected chi connectivity index (χ2v) is 6.70. The second kappa shape index (κ2) is 6.91. The van der Waals surface area contributed by atoms with Gasteiger partial charge in [0.15, 0.2) is 5.75 Å². The maximum absolute atomic E-state index is 14.6. The maximum Gasteiger partial charge on any atom is 0.519 e. The van der Waals surface area contributed by atoms with Gasteiger partial charge in [-0.3, -0.25) is 0 Å². The number of benzene rings is 5. The molecule has 5 rings (SSSR count). The van der Waals surface area contributed by atoms with Crippen LogP contribution in [0.5, 0.6) is 11.5 Å². The van der Waals surface area contributed by atoms with Crippen molar-refractivity contribution < 1.29 is 18.7 Å². The van der Waals surface area contributed by atoms with Gasteiger partial charge in [-0.1, -0.05) is 72.8 Å². The SMILES string of the molecule is O=C(Oc1cccc2ccccc12)Oc1c2ccccc2cc2cccc(F)c12. The number of carbonyl (C=O) groups is 1. The molecule has 0 fully saturated rings. The average Bonchev–Trinajstić information content (AvgIpc) is 2.74. The molecule has 0 heterocycles. The first-order valence-corrected chi connectivity index (χ1v) is 9.18. The van der Waals surface area contributed by atoms with Gasteiger partial charge in [-0.2, -0.15) is 0 Å². The molecule has 0 amide bonds. The summed E-state index contributed by atoms with van der Waals surface area (Å²) < 4.78 is 25.7. The van der Waals surface area contributed by atoms with E-state index in [1.54, 1.807) is 30.3 Å². The third kappa shape index (κ3) is 3.05. The molecule has 140 valence electrons. The van der Waals surface area contributed by atoms with Gasteiger partial charge in [-0.15, -0.1) is 0 Å². The van der Waals surface area contributed by atoms with E-state index in [-0.39, 0.29) is 11.1 Å². The minimum Gasteiger partial charge on any atom is -0.394 e. The monoisotopic (exact) mass is 382 g/mol. The lowest BCUT2D eigenvalue weighted by molar-refractivity contribution is 0.153. The average molecular weight is 382 g/mol. The minimum atomic E-state index is -0.915. The van der Waals surface area contributed by atoms with E-state index in [0.717, 1.165) is 16.2 Å². The van der Waals surface area contributed by atoms with Crippen LogP contribution in [0.1, 0.15) is 0 Å². The van der Waals surface area contributed by atoms with Gasteiger partial charge < -0.3 is 9.47 Å². The van der Waals surface area contributed by atoms with E-state index < -0.39 is 12.0 Å². The maximum atomic E-state index is 14.6. The number of halogens is 1. The molecule has 29 heavy (non-hydrogen) atoms. The molecule has 0 unspecified atom stereocenters. The molecule has 0 aliphatic heterocycles. The van der Waals surface area contributed by atoms with Crippen molar-refractivity contribution in [3.8, 4) is 11.5 Å². The van der Waals surface area contributed by atoms with Crippen LogP contribution in [0.15, 0.2) is 91.0 Å². The van der Waals surface area contributed by atoms with Crippen LogP contribution in [0, 0.1) is 5.82 Å². The molecule has 0 spiro atoms. The Morgan fingerprint density at radius 3 is 2.17 bits per heavy atom. The first-order valence-electron chi connectivity index (χ1n) is 9.18. The van der Waals surface area contributed by atoms with E-state index in [1.165, 1.54) is 6.07 Å². The van der Waals surface area contributed by atoms with Crippen molar-refractivity contribution in [1.29, 1.82) is 0 Å². The van der Waals surface area contributed by atoms with Gasteiger partial charge in [0.05, 0.1) is 5.39 Å². The van der Waals surface area contributed by atoms with Gasteiger partial charge in [-0.25, -0.2) is 9.18 Å². The lowest BCUT2D eigenvalue weighted by Crippen LogP contribution is -2.14. The van der Waals surface area contributed by atoms with E-state index >= 15 is 0 Å². The Kier molecular flexibility index (Phi) is 4.10. The summed E-state index contributed by atoms with van der Waals surface area (Å²) in [6.45, 7) is 0. The van der Waals surface area contributed by atoms with Crippen LogP contribution < -0.4 is 9.47 Å². The highest BCUT2D eigenvalue weighted by Gasteiger charge is 2.18. The van der Waals surface area contributed by atoms with Crippen LogP contribution in [0.4, 0.5) is 9.18 Å². The van der Waals surface area contributed by atoms with Crippen molar-refractivity contribution in [2.24, 2.45) is 0 Å². The predicted molar refractivity (Wildman–Crippen MR) is 112 cm³/mol. The Morgan fingerprint density at radius 2 is 1.31 bits per heavy atom. The highest BCUT2D eigenvalue weighted by Crippen LogP contribution is 2.37. The van der Waals surface area contributed by atoms with Crippen molar-refractivity contribution in [2.45, 2.75) is 0 Å². The van der Waals surface area contributed by atoms with Gasteiger partial charge in [0.1, 0.15) is 11.6 Å². The number of fused-ring (bicyclic) bond motifs is 3. The number of hydrogen-bond acceptors (Lipinski definition) is 3. The first-order chi connectivity index (χ1) is 14.2. The van der Waals surface area contributed by atoms with E-state index in [1.807, 2.05) is 54.6 Å². The largest absolute Gasteiger partial charge is 0.519 e. The lowest BCUT2D eigenvalue weighted by Gasteiger charge is -2.13. The van der Waals surface area contributed by atoms with Gasteiger partial charge in [-0.05, 0) is 34.4 Å². The molecule has 0 atom stereocenters. The van der Waals surface area contributed by atoms with Crippen LogP contribution in [0.2, 0.25) is 0 Å². The predicted octanol–water partition coefficient (Wildman–Crippen LogP) is 6.86. The van der Waals surface area contributed by atoms with Gasteiger partial charge in [0.25, 0.3) is 0 Å². The number of carbonyl (C=O) groups excluding carboxylic acids is 1. The molecule has 0 saturated heterocycles. The van der Waals surface area contributed by atoms with Crippen molar-refractivity contribution in [3.05, 3.63) is 96.8 Å². The molecular weight excluding hydrogens is 367 g/mol. The summed E-state index contributed by atoms with van der Waals surface area (Å²) >= 11 is 0. The highest BCUT2D eigenvalue weighted by molar-refractivity contribution is 6.06. The van der Waals surface area contributed by atoms with Gasteiger partial charge >= 0.3 is 6.16 Å². The molecule has 0 aliphatic rings. The summed E-state index contributed by atoms with van der Waals surface area (Å²) in [6, 6.07) is 27.0. The number of hydrogen-bond donors (Lipinski definition) is 0. The zero-order valence-corrected chi connectivity index (χ0v) is 15.3. The molecular formula is C25H15FO3. The zero-order chi connectivity index (χ0) is 19.8. The van der Waals surface area contributed by atoms with Gasteiger partial charge in [0.2, 0.25) is 0 Å². The van der Waals surface area contributed by atoms with Crippen molar-refractivity contribution in [2.75, 3.05) is 0 Å². The summed E-state index contributed by atoms with van der Waals surface area (Å²) in [5, 5.41) is 4.12. The number of ether oxygens (including phenoxy) is 2. The van der Waals surface area contributed by atoms with Crippen LogP contribution >= 0.6 is 0 Å². The van der Waals surface area contributed by atoms with E-state index in [9.17, 15) is 9.18 Å². The molecule has 0 N–H and O–H groups in total. The molecule has 4 heteroatoms. The Bertz CT molecular complexity index is 1390. The van der Waals surface area contributed by atoms with Crippen molar-refractivity contribution in [1.82, 2.24) is 0 Å².